The Kier molecular flexibility index (Phi) is 6.69. The monoisotopic (exact) mass is 292 g/mol. The normalized spacial score (nSPS) is 13.8. The zero-order valence-electron chi connectivity index (χ0n) is 13.6. The molecule has 0 aromatic heterocycles. The highest BCUT2D eigenvalue weighted by Gasteiger charge is 2.25. The zero-order valence-corrected chi connectivity index (χ0v) is 13.6. The van der Waals surface area contributed by atoms with Crippen LogP contribution in [0.4, 0.5) is 0 Å². The van der Waals surface area contributed by atoms with Crippen LogP contribution in [0.15, 0.2) is 24.3 Å². The molecule has 1 amide bonds. The first-order valence-electron chi connectivity index (χ1n) is 7.62. The Morgan fingerprint density at radius 2 is 2.05 bits per heavy atom. The average Bonchev–Trinajstić information content (AvgIpc) is 2.44. The molecule has 0 bridgehead atoms. The predicted octanol–water partition coefficient (Wildman–Crippen LogP) is 2.51. The number of nitrogens with two attached hydrogens (primary N) is 1. The first-order chi connectivity index (χ1) is 9.90. The summed E-state index contributed by atoms with van der Waals surface area (Å²) in [7, 11) is 0. The fourth-order valence-electron chi connectivity index (χ4n) is 2.54. The minimum atomic E-state index is -0.376. The molecule has 1 unspecified atom stereocenters. The molecule has 0 aliphatic carbocycles. The van der Waals surface area contributed by atoms with E-state index in [-0.39, 0.29) is 18.1 Å². The molecular formula is C17H28N2O2. The molecule has 3 N–H and O–H groups in total. The summed E-state index contributed by atoms with van der Waals surface area (Å²) < 4.78 is 5.63. The van der Waals surface area contributed by atoms with Gasteiger partial charge in [-0.15, -0.1) is 0 Å². The van der Waals surface area contributed by atoms with Gasteiger partial charge >= 0.3 is 0 Å². The Hall–Kier alpha value is -1.55. The summed E-state index contributed by atoms with van der Waals surface area (Å²) in [5.41, 5.74) is 6.53. The van der Waals surface area contributed by atoms with E-state index in [1.807, 2.05) is 31.2 Å². The van der Waals surface area contributed by atoms with Crippen LogP contribution in [0.25, 0.3) is 0 Å². The summed E-state index contributed by atoms with van der Waals surface area (Å²) in [5, 5.41) is 2.99. The molecule has 0 aliphatic heterocycles. The number of carbonyl (C=O) groups is 1. The van der Waals surface area contributed by atoms with Gasteiger partial charge in [-0.3, -0.25) is 4.79 Å². The molecular weight excluding hydrogens is 264 g/mol. The van der Waals surface area contributed by atoms with Gasteiger partial charge in [0.1, 0.15) is 5.75 Å². The van der Waals surface area contributed by atoms with E-state index >= 15 is 0 Å². The van der Waals surface area contributed by atoms with Crippen LogP contribution >= 0.6 is 0 Å². The molecule has 21 heavy (non-hydrogen) atoms. The van der Waals surface area contributed by atoms with Gasteiger partial charge in [0, 0.05) is 12.1 Å². The maximum Gasteiger partial charge on any atom is 0.258 e. The Balaban J connectivity index is 2.57. The quantitative estimate of drug-likeness (QED) is 0.774. The Bertz CT molecular complexity index is 460. The van der Waals surface area contributed by atoms with E-state index in [4.69, 9.17) is 10.5 Å². The van der Waals surface area contributed by atoms with Crippen molar-refractivity contribution in [3.8, 4) is 5.75 Å². The van der Waals surface area contributed by atoms with Crippen molar-refractivity contribution in [1.29, 1.82) is 0 Å². The number of rotatable bonds is 8. The predicted molar refractivity (Wildman–Crippen MR) is 86.4 cm³/mol. The van der Waals surface area contributed by atoms with E-state index in [1.54, 1.807) is 0 Å². The average molecular weight is 292 g/mol. The number of hydrogen-bond donors (Lipinski definition) is 2. The molecule has 0 saturated heterocycles. The summed E-state index contributed by atoms with van der Waals surface area (Å²) in [6.07, 6.45) is 1.73. The Morgan fingerprint density at radius 1 is 1.38 bits per heavy atom. The molecule has 0 radical (unpaired) electrons. The molecule has 4 heteroatoms. The molecule has 1 aromatic rings. The number of hydrogen-bond acceptors (Lipinski definition) is 3. The van der Waals surface area contributed by atoms with Gasteiger partial charge in [-0.2, -0.15) is 0 Å². The van der Waals surface area contributed by atoms with E-state index in [0.717, 1.165) is 24.2 Å². The lowest BCUT2D eigenvalue weighted by atomic mass is 9.91. The number of aryl methyl sites for hydroxylation is 1. The minimum Gasteiger partial charge on any atom is -0.483 e. The summed E-state index contributed by atoms with van der Waals surface area (Å²) in [6.45, 7) is 8.72. The number of nitrogens with one attached hydrogen (secondary N) is 1. The van der Waals surface area contributed by atoms with Crippen LogP contribution in [0.5, 0.6) is 5.75 Å². The number of ether oxygens (including phenoxy) is 1. The lowest BCUT2D eigenvalue weighted by molar-refractivity contribution is -0.125. The van der Waals surface area contributed by atoms with Crippen LogP contribution in [0.2, 0.25) is 0 Å². The second-order valence-electron chi connectivity index (χ2n) is 6.16. The summed E-state index contributed by atoms with van der Waals surface area (Å²) in [4.78, 5) is 12.1. The van der Waals surface area contributed by atoms with Gasteiger partial charge in [0.25, 0.3) is 5.91 Å². The number of para-hydroxylation sites is 1. The van der Waals surface area contributed by atoms with Crippen molar-refractivity contribution in [1.82, 2.24) is 5.32 Å². The van der Waals surface area contributed by atoms with E-state index in [2.05, 4.69) is 26.1 Å². The highest BCUT2D eigenvalue weighted by atomic mass is 16.5. The molecule has 1 atom stereocenters. The first kappa shape index (κ1) is 17.5. The van der Waals surface area contributed by atoms with E-state index in [9.17, 15) is 4.79 Å². The molecule has 0 aliphatic rings. The maximum absolute atomic E-state index is 12.1. The van der Waals surface area contributed by atoms with Crippen LogP contribution in [0.1, 0.15) is 39.7 Å². The fraction of sp³-hybridized carbons (Fsp3) is 0.588. The molecule has 4 nitrogen and oxygen atoms in total. The molecule has 0 heterocycles. The molecule has 0 fully saturated rings. The van der Waals surface area contributed by atoms with Gasteiger partial charge in [0.2, 0.25) is 0 Å². The molecule has 0 saturated carbocycles. The first-order valence-corrected chi connectivity index (χ1v) is 7.62. The van der Waals surface area contributed by atoms with Crippen LogP contribution in [0.3, 0.4) is 0 Å². The van der Waals surface area contributed by atoms with Crippen molar-refractivity contribution >= 4 is 5.91 Å². The molecule has 118 valence electrons. The fourth-order valence-corrected chi connectivity index (χ4v) is 2.54. The Labute approximate surface area is 128 Å². The molecule has 1 aromatic carbocycles. The summed E-state index contributed by atoms with van der Waals surface area (Å²) in [6, 6.07) is 7.79. The third-order valence-corrected chi connectivity index (χ3v) is 3.46. The third kappa shape index (κ3) is 5.76. The smallest absolute Gasteiger partial charge is 0.258 e. The van der Waals surface area contributed by atoms with Crippen molar-refractivity contribution < 1.29 is 9.53 Å². The third-order valence-electron chi connectivity index (χ3n) is 3.46. The minimum absolute atomic E-state index is 0.0186. The van der Waals surface area contributed by atoms with Crippen molar-refractivity contribution in [2.45, 2.75) is 46.1 Å². The van der Waals surface area contributed by atoms with Crippen molar-refractivity contribution in [2.24, 2.45) is 11.7 Å². The van der Waals surface area contributed by atoms with Crippen LogP contribution in [-0.4, -0.2) is 24.6 Å². The second-order valence-corrected chi connectivity index (χ2v) is 6.16. The van der Waals surface area contributed by atoms with Gasteiger partial charge in [-0.1, -0.05) is 39.0 Å². The topological polar surface area (TPSA) is 64.3 Å². The number of carbonyl (C=O) groups excluding carboxylic acids is 1. The lowest BCUT2D eigenvalue weighted by Gasteiger charge is -2.31. The second kappa shape index (κ2) is 8.03. The molecule has 0 spiro atoms. The van der Waals surface area contributed by atoms with E-state index in [0.29, 0.717) is 12.5 Å². The summed E-state index contributed by atoms with van der Waals surface area (Å²) >= 11 is 0. The number of amides is 1. The number of benzene rings is 1. The maximum atomic E-state index is 12.1. The van der Waals surface area contributed by atoms with Gasteiger partial charge in [0.15, 0.2) is 6.61 Å². The van der Waals surface area contributed by atoms with Crippen molar-refractivity contribution in [3.63, 3.8) is 0 Å². The SMILES string of the molecule is CCc1ccccc1OCC(=O)NC(C)(CN)CC(C)C. The van der Waals surface area contributed by atoms with Gasteiger partial charge in [-0.25, -0.2) is 0 Å². The largest absolute Gasteiger partial charge is 0.483 e. The van der Waals surface area contributed by atoms with Gasteiger partial charge < -0.3 is 15.8 Å². The highest BCUT2D eigenvalue weighted by Crippen LogP contribution is 2.18. The van der Waals surface area contributed by atoms with Gasteiger partial charge in [-0.05, 0) is 37.3 Å². The standard InChI is InChI=1S/C17H28N2O2/c1-5-14-8-6-7-9-15(14)21-11-16(20)19-17(4,12-18)10-13(2)3/h6-9,13H,5,10-12,18H2,1-4H3,(H,19,20). The van der Waals surface area contributed by atoms with Crippen molar-refractivity contribution in [2.75, 3.05) is 13.2 Å². The van der Waals surface area contributed by atoms with Gasteiger partial charge in [0.05, 0.1) is 0 Å². The van der Waals surface area contributed by atoms with E-state index in [1.165, 1.54) is 0 Å². The van der Waals surface area contributed by atoms with Crippen LogP contribution < -0.4 is 15.8 Å². The Morgan fingerprint density at radius 3 is 2.62 bits per heavy atom. The lowest BCUT2D eigenvalue weighted by Crippen LogP contribution is -2.53. The summed E-state index contributed by atoms with van der Waals surface area (Å²) in [5.74, 6) is 1.11. The van der Waals surface area contributed by atoms with Crippen LogP contribution in [-0.2, 0) is 11.2 Å². The molecule has 1 rings (SSSR count). The van der Waals surface area contributed by atoms with E-state index < -0.39 is 0 Å². The zero-order chi connectivity index (χ0) is 15.9. The highest BCUT2D eigenvalue weighted by molar-refractivity contribution is 5.78. The van der Waals surface area contributed by atoms with Crippen molar-refractivity contribution in [3.05, 3.63) is 29.8 Å². The van der Waals surface area contributed by atoms with Crippen LogP contribution in [0, 0.1) is 5.92 Å².